The van der Waals surface area contributed by atoms with Crippen molar-refractivity contribution in [3.63, 3.8) is 0 Å². The number of nitrogens with zero attached hydrogens (tertiary/aromatic N) is 6. The number of anilines is 3. The van der Waals surface area contributed by atoms with Gasteiger partial charge in [0.15, 0.2) is 10.8 Å². The minimum atomic E-state index is -1.12. The number of carboxylic acid groups (broad SMARTS) is 1. The molecule has 0 radical (unpaired) electrons. The molecule has 400 valence electrons. The minimum absolute atomic E-state index is 0.0337. The topological polar surface area (TPSA) is 201 Å². The summed E-state index contributed by atoms with van der Waals surface area (Å²) in [6.45, 7) is 17.5. The smallest absolute Gasteiger partial charge is 0.355 e. The third-order valence-electron chi connectivity index (χ3n) is 16.1. The first-order valence-corrected chi connectivity index (χ1v) is 27.4. The van der Waals surface area contributed by atoms with Crippen LogP contribution in [0.1, 0.15) is 135 Å². The molecule has 3 aliphatic rings. The van der Waals surface area contributed by atoms with Gasteiger partial charge in [0.2, 0.25) is 17.7 Å². The molecular formula is C60H67N9O7S. The number of imide groups is 1. The number of pyridine rings is 1. The Bertz CT molecular complexity index is 3460. The van der Waals surface area contributed by atoms with E-state index in [1.807, 2.05) is 113 Å². The lowest BCUT2D eigenvalue weighted by molar-refractivity contribution is -0.134. The molecule has 0 aliphatic carbocycles. The highest BCUT2D eigenvalue weighted by Gasteiger charge is 2.40. The van der Waals surface area contributed by atoms with Crippen molar-refractivity contribution in [3.05, 3.63) is 124 Å². The van der Waals surface area contributed by atoms with Gasteiger partial charge in [-0.3, -0.25) is 39.4 Å². The van der Waals surface area contributed by atoms with E-state index in [-0.39, 0.29) is 41.2 Å². The molecule has 16 nitrogen and oxygen atoms in total. The van der Waals surface area contributed by atoms with Crippen LogP contribution in [0.4, 0.5) is 16.6 Å². The molecule has 0 spiro atoms. The van der Waals surface area contributed by atoms with Crippen LogP contribution in [0.3, 0.4) is 0 Å². The number of hydrogen-bond donors (Lipinski definition) is 4. The van der Waals surface area contributed by atoms with Crippen LogP contribution < -0.4 is 25.6 Å². The van der Waals surface area contributed by atoms with Crippen LogP contribution in [-0.4, -0.2) is 91.1 Å². The van der Waals surface area contributed by atoms with Gasteiger partial charge in [-0.25, -0.2) is 14.8 Å². The molecule has 1 unspecified atom stereocenters. The van der Waals surface area contributed by atoms with Crippen molar-refractivity contribution >= 4 is 78.7 Å². The van der Waals surface area contributed by atoms with Crippen molar-refractivity contribution in [2.75, 3.05) is 41.8 Å². The highest BCUT2D eigenvalue weighted by Crippen LogP contribution is 2.43. The molecule has 17 heteroatoms. The number of fused-ring (bicyclic) bond motifs is 3. The molecule has 2 saturated heterocycles. The van der Waals surface area contributed by atoms with Gasteiger partial charge in [0.25, 0.3) is 5.91 Å². The number of thiazole rings is 1. The van der Waals surface area contributed by atoms with E-state index in [4.69, 9.17) is 9.72 Å². The van der Waals surface area contributed by atoms with Gasteiger partial charge in [0, 0.05) is 48.8 Å². The molecule has 3 aromatic heterocycles. The Morgan fingerprint density at radius 1 is 0.909 bits per heavy atom. The summed E-state index contributed by atoms with van der Waals surface area (Å²) in [6, 6.07) is 27.0. The summed E-state index contributed by atoms with van der Waals surface area (Å²) in [4.78, 5) is 79.4. The highest BCUT2D eigenvalue weighted by atomic mass is 32.1. The summed E-state index contributed by atoms with van der Waals surface area (Å²) < 4.78 is 9.23. The van der Waals surface area contributed by atoms with Gasteiger partial charge in [-0.2, -0.15) is 5.10 Å². The van der Waals surface area contributed by atoms with Crippen LogP contribution >= 0.6 is 11.3 Å². The summed E-state index contributed by atoms with van der Waals surface area (Å²) in [5, 5.41) is 25.5. The molecule has 0 saturated carbocycles. The maximum atomic E-state index is 13.9. The molecule has 6 heterocycles. The molecule has 4 aromatic carbocycles. The number of carbonyl (C=O) groups excluding carboxylic acids is 4. The zero-order chi connectivity index (χ0) is 54.6. The highest BCUT2D eigenvalue weighted by molar-refractivity contribution is 7.22. The molecule has 7 aromatic rings. The Kier molecular flexibility index (Phi) is 14.3. The van der Waals surface area contributed by atoms with Gasteiger partial charge >= 0.3 is 5.97 Å². The molecule has 77 heavy (non-hydrogen) atoms. The van der Waals surface area contributed by atoms with Crippen molar-refractivity contribution in [2.24, 2.45) is 12.5 Å². The van der Waals surface area contributed by atoms with Crippen molar-refractivity contribution in [1.29, 1.82) is 0 Å². The first kappa shape index (κ1) is 52.9. The quantitative estimate of drug-likeness (QED) is 0.0594. The molecule has 0 bridgehead atoms. The number of nitrogens with one attached hydrogen (secondary N) is 3. The fourth-order valence-electron chi connectivity index (χ4n) is 11.4. The normalized spacial score (nSPS) is 17.0. The monoisotopic (exact) mass is 1060 g/mol. The number of aromatic nitrogens is 4. The van der Waals surface area contributed by atoms with Gasteiger partial charge < -0.3 is 20.1 Å². The number of carbonyl (C=O) groups is 5. The second-order valence-corrected chi connectivity index (χ2v) is 23.8. The number of piperidine rings is 2. The van der Waals surface area contributed by atoms with Crippen LogP contribution in [0, 0.1) is 12.3 Å². The SMILES string of the molecule is Cc1c(OCCCC2(C)CCN(C(C)(C)C(=O)Nc3ccc4c(C5CCC(=O)NC5=O)nn(C)c4c3)CC2)cccc1-c1c(C(C)(C)C)cc(N2CCc3cccc(C(=O)Nc4nc5ccccc5s4)c3C2)nc1C(=O)O. The first-order valence-electron chi connectivity index (χ1n) is 26.6. The van der Waals surface area contributed by atoms with E-state index in [9.17, 15) is 29.1 Å². The number of rotatable bonds is 14. The summed E-state index contributed by atoms with van der Waals surface area (Å²) in [7, 11) is 1.81. The number of aryl methyl sites for hydroxylation is 1. The van der Waals surface area contributed by atoms with Gasteiger partial charge in [-0.1, -0.05) is 75.4 Å². The Labute approximate surface area is 452 Å². The van der Waals surface area contributed by atoms with Crippen molar-refractivity contribution in [2.45, 2.75) is 117 Å². The van der Waals surface area contributed by atoms with Gasteiger partial charge in [-0.15, -0.1) is 0 Å². The van der Waals surface area contributed by atoms with Crippen LogP contribution in [-0.2, 0) is 39.8 Å². The predicted octanol–water partition coefficient (Wildman–Crippen LogP) is 10.6. The molecular weight excluding hydrogens is 991 g/mol. The van der Waals surface area contributed by atoms with Crippen LogP contribution in [0.5, 0.6) is 5.75 Å². The zero-order valence-corrected chi connectivity index (χ0v) is 46.0. The number of para-hydroxylation sites is 1. The number of likely N-dealkylation sites (tertiary alicyclic amines) is 1. The van der Waals surface area contributed by atoms with Gasteiger partial charge in [0.05, 0.1) is 39.5 Å². The maximum absolute atomic E-state index is 13.9. The fraction of sp³-hybridized carbons (Fsp3) is 0.400. The number of aromatic carboxylic acids is 1. The van der Waals surface area contributed by atoms with Gasteiger partial charge in [-0.05, 0) is 160 Å². The number of benzene rings is 4. The Hall–Kier alpha value is -7.50. The predicted molar refractivity (Wildman–Crippen MR) is 301 cm³/mol. The Balaban J connectivity index is 0.778. The number of ether oxygens (including phenoxy) is 1. The standard InChI is InChI=1S/C60H67N9O7S/c1-35-38(50-43(58(2,3)4)33-48(63-52(50)55(73)74)68-28-24-36-14-11-16-39(42(36)34-68)53(71)65-57-62-44-17-9-10-19-47(44)77-57)15-12-18-46(35)76-31-13-25-60(7)26-29-69(30-27-60)59(5,6)56(75)61-37-20-21-40-45(32-37)67(8)66-51(40)41-22-23-49(70)64-54(41)72/h9-12,14-21,32-33,41H,13,22-31,34H2,1-8H3,(H,61,75)(H,73,74)(H,62,65,71)(H,64,70,72). The average molecular weight is 1060 g/mol. The van der Waals surface area contributed by atoms with E-state index in [1.54, 1.807) is 4.68 Å². The maximum Gasteiger partial charge on any atom is 0.355 e. The van der Waals surface area contributed by atoms with Crippen LogP contribution in [0.2, 0.25) is 0 Å². The lowest BCUT2D eigenvalue weighted by atomic mass is 9.76. The zero-order valence-electron chi connectivity index (χ0n) is 45.1. The summed E-state index contributed by atoms with van der Waals surface area (Å²) in [5.74, 6) is -1.35. The number of hydrogen-bond acceptors (Lipinski definition) is 12. The minimum Gasteiger partial charge on any atom is -0.493 e. The van der Waals surface area contributed by atoms with E-state index in [1.165, 1.54) is 11.3 Å². The first-order chi connectivity index (χ1) is 36.7. The van der Waals surface area contributed by atoms with Crippen molar-refractivity contribution in [1.82, 2.24) is 30.0 Å². The summed E-state index contributed by atoms with van der Waals surface area (Å²) >= 11 is 1.43. The van der Waals surface area contributed by atoms with Gasteiger partial charge in [0.1, 0.15) is 11.6 Å². The molecule has 1 atom stereocenters. The van der Waals surface area contributed by atoms with E-state index in [0.717, 1.165) is 87.7 Å². The van der Waals surface area contributed by atoms with E-state index in [2.05, 4.69) is 63.5 Å². The lowest BCUT2D eigenvalue weighted by Crippen LogP contribution is -2.56. The largest absolute Gasteiger partial charge is 0.493 e. The lowest BCUT2D eigenvalue weighted by Gasteiger charge is -2.45. The molecule has 10 rings (SSSR count). The van der Waals surface area contributed by atoms with E-state index < -0.39 is 22.8 Å². The Morgan fingerprint density at radius 2 is 1.68 bits per heavy atom. The number of carboxylic acids is 1. The summed E-state index contributed by atoms with van der Waals surface area (Å²) in [6.07, 6.45) is 4.94. The molecule has 3 aliphatic heterocycles. The number of amides is 4. The van der Waals surface area contributed by atoms with Crippen molar-refractivity contribution < 1.29 is 33.8 Å². The second kappa shape index (κ2) is 20.8. The molecule has 4 N–H and O–H groups in total. The van der Waals surface area contributed by atoms with E-state index in [0.29, 0.717) is 71.7 Å². The average Bonchev–Trinajstić information content (AvgIpc) is 4.00. The fourth-order valence-corrected chi connectivity index (χ4v) is 12.2. The van der Waals surface area contributed by atoms with Crippen LogP contribution in [0.15, 0.2) is 84.9 Å². The third kappa shape index (κ3) is 10.7. The molecule has 2 fully saturated rings. The summed E-state index contributed by atoms with van der Waals surface area (Å²) in [5.41, 5.74) is 7.16. The van der Waals surface area contributed by atoms with E-state index >= 15 is 0 Å². The Morgan fingerprint density at radius 3 is 2.42 bits per heavy atom. The second-order valence-electron chi connectivity index (χ2n) is 22.8. The molecule has 4 amide bonds. The van der Waals surface area contributed by atoms with Crippen LogP contribution in [0.25, 0.3) is 32.2 Å². The third-order valence-corrected chi connectivity index (χ3v) is 17.1. The van der Waals surface area contributed by atoms with Crippen molar-refractivity contribution in [3.8, 4) is 16.9 Å².